The van der Waals surface area contributed by atoms with Crippen molar-refractivity contribution in [3.63, 3.8) is 0 Å². The highest BCUT2D eigenvalue weighted by Crippen LogP contribution is 2.40. The van der Waals surface area contributed by atoms with Crippen LogP contribution in [-0.2, 0) is 17.9 Å². The molecule has 2 saturated heterocycles. The predicted molar refractivity (Wildman–Crippen MR) is 204 cm³/mol. The molecule has 0 radical (unpaired) electrons. The number of β-amino-alcohol motifs (C(OH)–C–C–N with tert-alkyl or cyclic N) is 1. The summed E-state index contributed by atoms with van der Waals surface area (Å²) < 4.78 is 6.26. The van der Waals surface area contributed by atoms with Crippen molar-refractivity contribution in [2.24, 2.45) is 5.41 Å². The number of rotatable bonds is 9. The second-order valence-corrected chi connectivity index (χ2v) is 14.8. The maximum Gasteiger partial charge on any atom is 0.310 e. The van der Waals surface area contributed by atoms with Crippen molar-refractivity contribution in [2.75, 3.05) is 31.5 Å². The van der Waals surface area contributed by atoms with Gasteiger partial charge in [0.25, 0.3) is 0 Å². The second kappa shape index (κ2) is 13.9. The van der Waals surface area contributed by atoms with Gasteiger partial charge >= 0.3 is 5.97 Å². The predicted octanol–water partition coefficient (Wildman–Crippen LogP) is 7.55. The van der Waals surface area contributed by atoms with E-state index in [4.69, 9.17) is 26.0 Å². The van der Waals surface area contributed by atoms with E-state index in [1.807, 2.05) is 61.7 Å². The molecule has 12 heteroatoms. The first-order valence-corrected chi connectivity index (χ1v) is 18.1. The van der Waals surface area contributed by atoms with Crippen molar-refractivity contribution in [3.05, 3.63) is 100 Å². The SMILES string of the molecule is Cc1c(-c2nc3cc(CN4CC[C@@](C)(C(=O)O)C4)cc(C#N)c3o2)cccc1-c1cccc(Nc2nccc3cc(CN4CC[C@@H](O)C4)cnc23)c1Cl. The summed E-state index contributed by atoms with van der Waals surface area (Å²) in [5.41, 5.74) is 7.35. The van der Waals surface area contributed by atoms with Crippen LogP contribution in [-0.4, -0.2) is 73.2 Å². The van der Waals surface area contributed by atoms with Gasteiger partial charge in [-0.1, -0.05) is 35.9 Å². The number of pyridine rings is 2. The van der Waals surface area contributed by atoms with E-state index >= 15 is 0 Å². The number of carboxylic acids is 1. The van der Waals surface area contributed by atoms with E-state index in [1.54, 1.807) is 19.2 Å². The number of anilines is 2. The van der Waals surface area contributed by atoms with E-state index in [1.165, 1.54) is 0 Å². The fourth-order valence-corrected chi connectivity index (χ4v) is 7.90. The minimum atomic E-state index is -0.791. The average molecular weight is 728 g/mol. The Balaban J connectivity index is 1.07. The minimum Gasteiger partial charge on any atom is -0.481 e. The van der Waals surface area contributed by atoms with Gasteiger partial charge < -0.3 is 19.9 Å². The largest absolute Gasteiger partial charge is 0.481 e. The van der Waals surface area contributed by atoms with Crippen molar-refractivity contribution >= 4 is 51.1 Å². The summed E-state index contributed by atoms with van der Waals surface area (Å²) in [6.07, 6.45) is 4.72. The first-order valence-electron chi connectivity index (χ1n) is 17.7. The van der Waals surface area contributed by atoms with Gasteiger partial charge in [0.15, 0.2) is 11.4 Å². The summed E-state index contributed by atoms with van der Waals surface area (Å²) in [4.78, 5) is 30.3. The number of likely N-dealkylation sites (tertiary alicyclic amines) is 2. The van der Waals surface area contributed by atoms with Crippen LogP contribution in [0.25, 0.3) is 44.6 Å². The number of carbonyl (C=O) groups is 1. The number of oxazole rings is 1. The molecule has 3 N–H and O–H groups in total. The molecule has 8 rings (SSSR count). The van der Waals surface area contributed by atoms with Crippen LogP contribution in [0.4, 0.5) is 11.5 Å². The van der Waals surface area contributed by atoms with Crippen LogP contribution >= 0.6 is 11.6 Å². The Morgan fingerprint density at radius 1 is 1.06 bits per heavy atom. The Kier molecular flexibility index (Phi) is 9.08. The number of hydrogen-bond acceptors (Lipinski definition) is 10. The van der Waals surface area contributed by atoms with Crippen LogP contribution in [0.15, 0.2) is 77.5 Å². The Hall–Kier alpha value is -5.38. The third-order valence-electron chi connectivity index (χ3n) is 10.6. The molecule has 0 bridgehead atoms. The molecule has 5 heterocycles. The zero-order valence-corrected chi connectivity index (χ0v) is 30.2. The highest BCUT2D eigenvalue weighted by molar-refractivity contribution is 6.36. The number of benzene rings is 3. The second-order valence-electron chi connectivity index (χ2n) is 14.5. The van der Waals surface area contributed by atoms with Gasteiger partial charge in [-0.05, 0) is 91.9 Å². The summed E-state index contributed by atoms with van der Waals surface area (Å²) >= 11 is 7.12. The summed E-state index contributed by atoms with van der Waals surface area (Å²) in [7, 11) is 0. The van der Waals surface area contributed by atoms with Crippen LogP contribution in [0.2, 0.25) is 5.02 Å². The molecule has 6 aromatic rings. The molecule has 3 aromatic heterocycles. The Morgan fingerprint density at radius 3 is 2.62 bits per heavy atom. The lowest BCUT2D eigenvalue weighted by Crippen LogP contribution is -2.31. The number of aromatic nitrogens is 3. The first kappa shape index (κ1) is 34.7. The minimum absolute atomic E-state index is 0.267. The maximum atomic E-state index is 11.8. The van der Waals surface area contributed by atoms with Crippen LogP contribution in [0.1, 0.15) is 42.0 Å². The summed E-state index contributed by atoms with van der Waals surface area (Å²) in [6, 6.07) is 21.7. The number of carboxylic acid groups (broad SMARTS) is 1. The molecule has 0 spiro atoms. The number of hydrogen-bond donors (Lipinski definition) is 3. The molecule has 2 fully saturated rings. The lowest BCUT2D eigenvalue weighted by Gasteiger charge is -2.20. The third kappa shape index (κ3) is 6.71. The first-order chi connectivity index (χ1) is 25.6. The number of nitrogens with zero attached hydrogens (tertiary/aromatic N) is 6. The Morgan fingerprint density at radius 2 is 1.85 bits per heavy atom. The fraction of sp³-hybridized carbons (Fsp3) is 0.293. The number of nitrogens with one attached hydrogen (secondary N) is 1. The third-order valence-corrected chi connectivity index (χ3v) is 11.0. The van der Waals surface area contributed by atoms with Crippen LogP contribution in [0.5, 0.6) is 0 Å². The van der Waals surface area contributed by atoms with Gasteiger partial charge in [-0.15, -0.1) is 0 Å². The quantitative estimate of drug-likeness (QED) is 0.135. The number of aliphatic hydroxyl groups is 1. The fourth-order valence-electron chi connectivity index (χ4n) is 7.63. The van der Waals surface area contributed by atoms with Crippen molar-refractivity contribution in [3.8, 4) is 28.7 Å². The molecular weight excluding hydrogens is 690 g/mol. The van der Waals surface area contributed by atoms with Crippen LogP contribution < -0.4 is 5.32 Å². The lowest BCUT2D eigenvalue weighted by atomic mass is 9.90. The van der Waals surface area contributed by atoms with Gasteiger partial charge in [0.05, 0.1) is 27.8 Å². The van der Waals surface area contributed by atoms with Crippen molar-refractivity contribution in [1.82, 2.24) is 24.8 Å². The highest BCUT2D eigenvalue weighted by Gasteiger charge is 2.40. The zero-order valence-electron chi connectivity index (χ0n) is 29.4. The van der Waals surface area contributed by atoms with Crippen molar-refractivity contribution in [2.45, 2.75) is 45.9 Å². The lowest BCUT2D eigenvalue weighted by molar-refractivity contribution is -0.147. The van der Waals surface area contributed by atoms with E-state index in [-0.39, 0.29) is 6.10 Å². The molecule has 53 heavy (non-hydrogen) atoms. The molecule has 2 aliphatic rings. The normalized spacial score (nSPS) is 19.3. The average Bonchev–Trinajstić information content (AvgIpc) is 3.87. The summed E-state index contributed by atoms with van der Waals surface area (Å²) in [5.74, 6) is 0.194. The standard InChI is InChI=1S/C41H38ClN7O4/c1-24-30(5-3-6-31(24)39-47-34-17-25(15-28(18-43)37(34)53-39)20-49-14-11-41(2,23-49)40(51)52)32-7-4-8-33(35(32)42)46-38-36-27(9-12-44-38)16-26(19-45-36)21-48-13-10-29(50)22-48/h3-9,12,15-17,19,29,50H,10-11,13-14,20-23H2,1-2H3,(H,44,46)(H,51,52)/t29-,41-/m1/s1. The van der Waals surface area contributed by atoms with E-state index in [0.717, 1.165) is 63.8 Å². The van der Waals surface area contributed by atoms with Crippen LogP contribution in [0.3, 0.4) is 0 Å². The molecule has 0 saturated carbocycles. The van der Waals surface area contributed by atoms with Crippen molar-refractivity contribution < 1.29 is 19.4 Å². The molecule has 0 aliphatic carbocycles. The van der Waals surface area contributed by atoms with Crippen molar-refractivity contribution in [1.29, 1.82) is 5.26 Å². The van der Waals surface area contributed by atoms with Gasteiger partial charge in [-0.2, -0.15) is 5.26 Å². The number of halogens is 1. The molecule has 11 nitrogen and oxygen atoms in total. The number of aliphatic carboxylic acids is 1. The van der Waals surface area contributed by atoms with E-state index < -0.39 is 11.4 Å². The van der Waals surface area contributed by atoms with Gasteiger partial charge in [0.2, 0.25) is 5.89 Å². The number of aliphatic hydroxyl groups excluding tert-OH is 1. The van der Waals surface area contributed by atoms with Gasteiger partial charge in [-0.3, -0.25) is 19.6 Å². The summed E-state index contributed by atoms with van der Waals surface area (Å²) in [5, 5.41) is 34.5. The molecule has 0 amide bonds. The topological polar surface area (TPSA) is 152 Å². The molecule has 2 aliphatic heterocycles. The monoisotopic (exact) mass is 727 g/mol. The Bertz CT molecular complexity index is 2440. The van der Waals surface area contributed by atoms with E-state index in [2.05, 4.69) is 32.2 Å². The van der Waals surface area contributed by atoms with Crippen LogP contribution in [0, 0.1) is 23.7 Å². The van der Waals surface area contributed by atoms with E-state index in [0.29, 0.717) is 71.7 Å². The molecule has 2 atom stereocenters. The zero-order chi connectivity index (χ0) is 36.9. The van der Waals surface area contributed by atoms with Gasteiger partial charge in [0.1, 0.15) is 17.1 Å². The number of fused-ring (bicyclic) bond motifs is 2. The maximum absolute atomic E-state index is 11.8. The molecule has 0 unspecified atom stereocenters. The smallest absolute Gasteiger partial charge is 0.310 e. The van der Waals surface area contributed by atoms with Gasteiger partial charge in [-0.25, -0.2) is 9.97 Å². The molecular formula is C41H38ClN7O4. The molecule has 3 aromatic carbocycles. The van der Waals surface area contributed by atoms with Gasteiger partial charge in [0, 0.05) is 61.6 Å². The number of nitriles is 1. The highest BCUT2D eigenvalue weighted by atomic mass is 35.5. The molecule has 268 valence electrons. The van der Waals surface area contributed by atoms with E-state index in [9.17, 15) is 20.3 Å². The Labute approximate surface area is 311 Å². The summed E-state index contributed by atoms with van der Waals surface area (Å²) in [6.45, 7) is 7.68.